The lowest BCUT2D eigenvalue weighted by Gasteiger charge is -1.89. The van der Waals surface area contributed by atoms with Gasteiger partial charge < -0.3 is 5.73 Å². The van der Waals surface area contributed by atoms with Crippen LogP contribution in [0, 0.1) is 0 Å². The van der Waals surface area contributed by atoms with E-state index in [0.29, 0.717) is 17.7 Å². The van der Waals surface area contributed by atoms with Gasteiger partial charge in [-0.2, -0.15) is 0 Å². The van der Waals surface area contributed by atoms with Gasteiger partial charge in [0.1, 0.15) is 11.4 Å². The van der Waals surface area contributed by atoms with Gasteiger partial charge in [-0.15, -0.1) is 5.10 Å². The molecule has 0 spiro atoms. The van der Waals surface area contributed by atoms with Crippen LogP contribution in [0.25, 0.3) is 0 Å². The standard InChI is InChI=1S/C5H8N4O/c1-9-5(3-10)4(2-6)7-8-9/h3H,2,6H2,1H3. The van der Waals surface area contributed by atoms with E-state index < -0.39 is 0 Å². The number of aldehydes is 1. The summed E-state index contributed by atoms with van der Waals surface area (Å²) >= 11 is 0. The smallest absolute Gasteiger partial charge is 0.170 e. The molecule has 0 bridgehead atoms. The van der Waals surface area contributed by atoms with E-state index in [9.17, 15) is 4.79 Å². The number of nitrogens with two attached hydrogens (primary N) is 1. The molecule has 1 rings (SSSR count). The Morgan fingerprint density at radius 2 is 2.50 bits per heavy atom. The molecule has 54 valence electrons. The first-order valence-electron chi connectivity index (χ1n) is 2.83. The molecule has 0 amide bonds. The average Bonchev–Trinajstić information content (AvgIpc) is 2.30. The molecule has 0 unspecified atom stereocenters. The molecule has 0 saturated heterocycles. The number of nitrogens with zero attached hydrogens (tertiary/aromatic N) is 3. The van der Waals surface area contributed by atoms with E-state index in [2.05, 4.69) is 10.3 Å². The van der Waals surface area contributed by atoms with Crippen molar-refractivity contribution in [1.82, 2.24) is 15.0 Å². The molecule has 1 heterocycles. The molecule has 0 aliphatic rings. The third-order valence-corrected chi connectivity index (χ3v) is 1.25. The summed E-state index contributed by atoms with van der Waals surface area (Å²) in [5, 5.41) is 7.28. The van der Waals surface area contributed by atoms with Gasteiger partial charge in [-0.1, -0.05) is 5.21 Å². The Kier molecular flexibility index (Phi) is 1.77. The minimum absolute atomic E-state index is 0.252. The van der Waals surface area contributed by atoms with E-state index in [-0.39, 0.29) is 6.54 Å². The van der Waals surface area contributed by atoms with Crippen LogP contribution in [0.15, 0.2) is 0 Å². The van der Waals surface area contributed by atoms with Crippen molar-refractivity contribution in [3.63, 3.8) is 0 Å². The first-order chi connectivity index (χ1) is 4.79. The summed E-state index contributed by atoms with van der Waals surface area (Å²) in [4.78, 5) is 10.3. The lowest BCUT2D eigenvalue weighted by Crippen LogP contribution is -2.02. The van der Waals surface area contributed by atoms with Gasteiger partial charge in [0, 0.05) is 13.6 Å². The van der Waals surface area contributed by atoms with Crippen molar-refractivity contribution in [3.05, 3.63) is 11.4 Å². The van der Waals surface area contributed by atoms with Crippen LogP contribution in [0.4, 0.5) is 0 Å². The number of rotatable bonds is 2. The van der Waals surface area contributed by atoms with Crippen LogP contribution in [0.5, 0.6) is 0 Å². The lowest BCUT2D eigenvalue weighted by molar-refractivity contribution is 0.111. The summed E-state index contributed by atoms with van der Waals surface area (Å²) < 4.78 is 1.40. The summed E-state index contributed by atoms with van der Waals surface area (Å²) in [6, 6.07) is 0. The Balaban J connectivity index is 3.12. The van der Waals surface area contributed by atoms with Gasteiger partial charge in [0.25, 0.3) is 0 Å². The van der Waals surface area contributed by atoms with Crippen LogP contribution >= 0.6 is 0 Å². The average molecular weight is 140 g/mol. The lowest BCUT2D eigenvalue weighted by atomic mass is 10.3. The second-order valence-corrected chi connectivity index (χ2v) is 1.87. The van der Waals surface area contributed by atoms with Gasteiger partial charge in [0.05, 0.1) is 0 Å². The zero-order chi connectivity index (χ0) is 7.56. The molecule has 0 aromatic carbocycles. The first-order valence-corrected chi connectivity index (χ1v) is 2.83. The number of carbonyl (C=O) groups excluding carboxylic acids is 1. The summed E-state index contributed by atoms with van der Waals surface area (Å²) in [7, 11) is 1.65. The Bertz CT molecular complexity index is 242. The van der Waals surface area contributed by atoms with Gasteiger partial charge in [-0.25, -0.2) is 4.68 Å². The fourth-order valence-electron chi connectivity index (χ4n) is 0.697. The van der Waals surface area contributed by atoms with Gasteiger partial charge >= 0.3 is 0 Å². The van der Waals surface area contributed by atoms with Crippen LogP contribution in [-0.4, -0.2) is 21.3 Å². The second kappa shape index (κ2) is 2.57. The maximum absolute atomic E-state index is 10.3. The van der Waals surface area contributed by atoms with Crippen molar-refractivity contribution in [2.75, 3.05) is 0 Å². The molecule has 0 aliphatic heterocycles. The number of carbonyl (C=O) groups is 1. The molecule has 0 fully saturated rings. The molecule has 0 atom stereocenters. The molecule has 5 nitrogen and oxygen atoms in total. The van der Waals surface area contributed by atoms with E-state index in [1.165, 1.54) is 4.68 Å². The van der Waals surface area contributed by atoms with Crippen molar-refractivity contribution in [3.8, 4) is 0 Å². The zero-order valence-corrected chi connectivity index (χ0v) is 5.61. The van der Waals surface area contributed by atoms with Crippen molar-refractivity contribution in [2.45, 2.75) is 6.54 Å². The Morgan fingerprint density at radius 3 is 2.90 bits per heavy atom. The Morgan fingerprint density at radius 1 is 1.80 bits per heavy atom. The van der Waals surface area contributed by atoms with Crippen molar-refractivity contribution >= 4 is 6.29 Å². The third-order valence-electron chi connectivity index (χ3n) is 1.25. The predicted molar refractivity (Wildman–Crippen MR) is 34.3 cm³/mol. The summed E-state index contributed by atoms with van der Waals surface area (Å²) in [5.74, 6) is 0. The highest BCUT2D eigenvalue weighted by Gasteiger charge is 2.05. The zero-order valence-electron chi connectivity index (χ0n) is 5.61. The van der Waals surface area contributed by atoms with E-state index >= 15 is 0 Å². The predicted octanol–water partition coefficient (Wildman–Crippen LogP) is -0.914. The number of hydrogen-bond acceptors (Lipinski definition) is 4. The molecular formula is C5H8N4O. The summed E-state index contributed by atoms with van der Waals surface area (Å²) in [6.07, 6.45) is 0.697. The highest BCUT2D eigenvalue weighted by atomic mass is 16.1. The van der Waals surface area contributed by atoms with Crippen LogP contribution in [0.3, 0.4) is 0 Å². The highest BCUT2D eigenvalue weighted by Crippen LogP contribution is 1.97. The monoisotopic (exact) mass is 140 g/mol. The number of aryl methyl sites for hydroxylation is 1. The molecule has 5 heteroatoms. The maximum Gasteiger partial charge on any atom is 0.170 e. The van der Waals surface area contributed by atoms with E-state index in [4.69, 9.17) is 5.73 Å². The summed E-state index contributed by atoms with van der Waals surface area (Å²) in [5.41, 5.74) is 6.25. The third kappa shape index (κ3) is 0.906. The van der Waals surface area contributed by atoms with Gasteiger partial charge in [0.15, 0.2) is 6.29 Å². The van der Waals surface area contributed by atoms with Crippen LogP contribution in [0.2, 0.25) is 0 Å². The largest absolute Gasteiger partial charge is 0.325 e. The van der Waals surface area contributed by atoms with Crippen molar-refractivity contribution in [1.29, 1.82) is 0 Å². The van der Waals surface area contributed by atoms with Crippen molar-refractivity contribution < 1.29 is 4.79 Å². The molecule has 0 aliphatic carbocycles. The Labute approximate surface area is 57.8 Å². The molecular weight excluding hydrogens is 132 g/mol. The van der Waals surface area contributed by atoms with Crippen LogP contribution in [-0.2, 0) is 13.6 Å². The van der Waals surface area contributed by atoms with Gasteiger partial charge in [-0.05, 0) is 0 Å². The normalized spacial score (nSPS) is 9.80. The maximum atomic E-state index is 10.3. The highest BCUT2D eigenvalue weighted by molar-refractivity contribution is 5.73. The minimum atomic E-state index is 0.252. The second-order valence-electron chi connectivity index (χ2n) is 1.87. The van der Waals surface area contributed by atoms with Crippen LogP contribution in [0.1, 0.15) is 16.2 Å². The van der Waals surface area contributed by atoms with E-state index in [1.54, 1.807) is 7.05 Å². The minimum Gasteiger partial charge on any atom is -0.325 e. The molecule has 10 heavy (non-hydrogen) atoms. The molecule has 2 N–H and O–H groups in total. The quantitative estimate of drug-likeness (QED) is 0.539. The van der Waals surface area contributed by atoms with E-state index in [0.717, 1.165) is 0 Å². The number of hydrogen-bond donors (Lipinski definition) is 1. The van der Waals surface area contributed by atoms with Gasteiger partial charge in [0.2, 0.25) is 0 Å². The molecule has 1 aromatic heterocycles. The first kappa shape index (κ1) is 6.88. The fraction of sp³-hybridized carbons (Fsp3) is 0.400. The molecule has 0 radical (unpaired) electrons. The fourth-order valence-corrected chi connectivity index (χ4v) is 0.697. The topological polar surface area (TPSA) is 73.8 Å². The molecule has 1 aromatic rings. The Hall–Kier alpha value is -1.23. The molecule has 0 saturated carbocycles. The summed E-state index contributed by atoms with van der Waals surface area (Å²) in [6.45, 7) is 0.252. The number of aromatic nitrogens is 3. The van der Waals surface area contributed by atoms with Gasteiger partial charge in [-0.3, -0.25) is 4.79 Å². The van der Waals surface area contributed by atoms with Crippen molar-refractivity contribution in [2.24, 2.45) is 12.8 Å². The van der Waals surface area contributed by atoms with E-state index in [1.807, 2.05) is 0 Å². The van der Waals surface area contributed by atoms with Crippen LogP contribution < -0.4 is 5.73 Å². The SMILES string of the molecule is Cn1nnc(CN)c1C=O.